The molecule has 2 heterocycles. The lowest BCUT2D eigenvalue weighted by atomic mass is 9.77. The molecule has 9 nitrogen and oxygen atoms in total. The Hall–Kier alpha value is -1.99. The van der Waals surface area contributed by atoms with Crippen LogP contribution in [0.15, 0.2) is 52.3 Å². The molecular formula is C22H30FN4O5S+. The Balaban J connectivity index is 1.77. The molecule has 4 rings (SSSR count). The van der Waals surface area contributed by atoms with Crippen molar-refractivity contribution in [1.29, 1.82) is 0 Å². The van der Waals surface area contributed by atoms with Gasteiger partial charge in [0.25, 0.3) is 0 Å². The highest BCUT2D eigenvalue weighted by Crippen LogP contribution is 2.45. The van der Waals surface area contributed by atoms with Crippen molar-refractivity contribution < 1.29 is 26.8 Å². The first-order chi connectivity index (χ1) is 15.7. The van der Waals surface area contributed by atoms with Crippen molar-refractivity contribution >= 4 is 22.2 Å². The van der Waals surface area contributed by atoms with Gasteiger partial charge in [0.2, 0.25) is 6.73 Å². The molecule has 3 atom stereocenters. The van der Waals surface area contributed by atoms with Crippen LogP contribution < -0.4 is 4.59 Å². The topological polar surface area (TPSA) is 91.7 Å². The number of piperidine rings is 1. The van der Waals surface area contributed by atoms with Crippen molar-refractivity contribution in [2.75, 3.05) is 54.2 Å². The fourth-order valence-electron chi connectivity index (χ4n) is 4.92. The molecule has 3 unspecified atom stereocenters. The highest BCUT2D eigenvalue weighted by molar-refractivity contribution is 7.83. The Labute approximate surface area is 193 Å². The van der Waals surface area contributed by atoms with Crippen molar-refractivity contribution in [2.24, 2.45) is 11.0 Å². The van der Waals surface area contributed by atoms with E-state index < -0.39 is 10.3 Å². The second-order valence-corrected chi connectivity index (χ2v) is 10.1. The average Bonchev–Trinajstić information content (AvgIpc) is 3.13. The molecule has 11 heteroatoms. The standard InChI is InChI=1S/C22H29FN4O5S/c1-25(2)22-19-13-24-27(15-32-11-10-31-3,18-6-4-17(23)5-7-18)21(19)12-16-8-9-26(14-20(16)22)33(28,29)30/h4-7,12-13,20,22H,8-11,14-15H2,1-3H3/p+1. The molecule has 1 fully saturated rings. The van der Waals surface area contributed by atoms with Crippen molar-refractivity contribution in [1.82, 2.24) is 13.8 Å². The Morgan fingerprint density at radius 1 is 1.27 bits per heavy atom. The molecule has 3 aliphatic rings. The first-order valence-electron chi connectivity index (χ1n) is 10.8. The average molecular weight is 482 g/mol. The largest absolute Gasteiger partial charge is 0.382 e. The number of allylic oxidation sites excluding steroid dienone is 1. The molecule has 33 heavy (non-hydrogen) atoms. The number of hydrogen-bond acceptors (Lipinski definition) is 6. The molecule has 0 spiro atoms. The van der Waals surface area contributed by atoms with E-state index in [9.17, 15) is 17.4 Å². The zero-order valence-electron chi connectivity index (χ0n) is 19.0. The van der Waals surface area contributed by atoms with Gasteiger partial charge >= 0.3 is 10.3 Å². The number of ether oxygens (including phenoxy) is 2. The van der Waals surface area contributed by atoms with Gasteiger partial charge in [0.05, 0.1) is 25.0 Å². The van der Waals surface area contributed by atoms with Gasteiger partial charge in [-0.2, -0.15) is 12.7 Å². The molecule has 1 saturated heterocycles. The zero-order chi connectivity index (χ0) is 23.8. The van der Waals surface area contributed by atoms with E-state index in [0.29, 0.717) is 19.6 Å². The second-order valence-electron chi connectivity index (χ2n) is 8.68. The Kier molecular flexibility index (Phi) is 6.83. The monoisotopic (exact) mass is 481 g/mol. The van der Waals surface area contributed by atoms with Gasteiger partial charge in [-0.3, -0.25) is 4.55 Å². The molecule has 1 aromatic carbocycles. The lowest BCUT2D eigenvalue weighted by Gasteiger charge is -2.42. The van der Waals surface area contributed by atoms with Crippen molar-refractivity contribution in [3.8, 4) is 0 Å². The van der Waals surface area contributed by atoms with Crippen LogP contribution in [0.1, 0.15) is 6.42 Å². The SMILES string of the molecule is COCCOC[N+]1(c2ccc(F)cc2)N=CC2=C1C=C1CCN(S(=O)(=O)O)CC1C2N(C)C. The lowest BCUT2D eigenvalue weighted by Crippen LogP contribution is -2.52. The molecular weight excluding hydrogens is 451 g/mol. The number of fused-ring (bicyclic) bond motifs is 1. The number of nitrogens with zero attached hydrogens (tertiary/aromatic N) is 4. The van der Waals surface area contributed by atoms with E-state index in [-0.39, 0.29) is 42.2 Å². The van der Waals surface area contributed by atoms with Gasteiger partial charge in [0.1, 0.15) is 5.82 Å². The van der Waals surface area contributed by atoms with Crippen LogP contribution in [-0.4, -0.2) is 88.7 Å². The molecule has 0 bridgehead atoms. The summed E-state index contributed by atoms with van der Waals surface area (Å²) in [5.41, 5.74) is 3.73. The number of rotatable bonds is 8. The molecule has 0 aromatic heterocycles. The van der Waals surface area contributed by atoms with Crippen molar-refractivity contribution in [3.05, 3.63) is 53.0 Å². The van der Waals surface area contributed by atoms with Gasteiger partial charge in [-0.15, -0.1) is 4.59 Å². The van der Waals surface area contributed by atoms with Gasteiger partial charge in [0.15, 0.2) is 11.4 Å². The minimum atomic E-state index is -4.27. The molecule has 1 aromatic rings. The summed E-state index contributed by atoms with van der Waals surface area (Å²) in [6.07, 6.45) is 4.39. The molecule has 180 valence electrons. The lowest BCUT2D eigenvalue weighted by molar-refractivity contribution is 0.0215. The third kappa shape index (κ3) is 4.54. The smallest absolute Gasteiger partial charge is 0.335 e. The summed E-state index contributed by atoms with van der Waals surface area (Å²) in [5.74, 6) is -0.455. The van der Waals surface area contributed by atoms with Gasteiger partial charge in [-0.05, 0) is 32.6 Å². The maximum Gasteiger partial charge on any atom is 0.335 e. The van der Waals surface area contributed by atoms with E-state index in [1.165, 1.54) is 12.1 Å². The van der Waals surface area contributed by atoms with Gasteiger partial charge in [0, 0.05) is 50.4 Å². The summed E-state index contributed by atoms with van der Waals surface area (Å²) in [6, 6.07) is 6.08. The molecule has 0 amide bonds. The maximum atomic E-state index is 13.7. The highest BCUT2D eigenvalue weighted by atomic mass is 32.2. The molecule has 1 aliphatic carbocycles. The van der Waals surface area contributed by atoms with Crippen LogP contribution >= 0.6 is 0 Å². The summed E-state index contributed by atoms with van der Waals surface area (Å²) in [7, 11) is 1.22. The Bertz CT molecular complexity index is 1090. The fourth-order valence-corrected chi connectivity index (χ4v) is 5.59. The molecule has 2 aliphatic heterocycles. The summed E-state index contributed by atoms with van der Waals surface area (Å²) >= 11 is 0. The van der Waals surface area contributed by atoms with Crippen LogP contribution in [0.25, 0.3) is 0 Å². The minimum absolute atomic E-state index is 0.0297. The maximum absolute atomic E-state index is 13.7. The number of methoxy groups -OCH3 is 1. The summed E-state index contributed by atoms with van der Waals surface area (Å²) in [4.78, 5) is 2.04. The van der Waals surface area contributed by atoms with Crippen LogP contribution in [0.2, 0.25) is 0 Å². The van der Waals surface area contributed by atoms with E-state index in [2.05, 4.69) is 6.08 Å². The first kappa shape index (κ1) is 24.1. The third-order valence-electron chi connectivity index (χ3n) is 6.48. The normalized spacial score (nSPS) is 27.6. The van der Waals surface area contributed by atoms with Crippen LogP contribution in [0.5, 0.6) is 0 Å². The fraction of sp³-hybridized carbons (Fsp3) is 0.500. The highest BCUT2D eigenvalue weighted by Gasteiger charge is 2.50. The number of likely N-dealkylation sites (N-methyl/N-ethyl adjacent to an activating group) is 1. The van der Waals surface area contributed by atoms with E-state index in [1.54, 1.807) is 19.2 Å². The minimum Gasteiger partial charge on any atom is -0.382 e. The van der Waals surface area contributed by atoms with Crippen LogP contribution in [0, 0.1) is 11.7 Å². The Morgan fingerprint density at radius 2 is 2.00 bits per heavy atom. The number of hydrogen-bond donors (Lipinski definition) is 1. The van der Waals surface area contributed by atoms with Crippen molar-refractivity contribution in [2.45, 2.75) is 12.5 Å². The van der Waals surface area contributed by atoms with Gasteiger partial charge in [-0.1, -0.05) is 10.7 Å². The van der Waals surface area contributed by atoms with Crippen LogP contribution in [-0.2, 0) is 19.8 Å². The summed E-state index contributed by atoms with van der Waals surface area (Å²) < 4.78 is 59.1. The molecule has 1 N–H and O–H groups in total. The molecule has 0 saturated carbocycles. The van der Waals surface area contributed by atoms with Gasteiger partial charge < -0.3 is 14.4 Å². The predicted molar refractivity (Wildman–Crippen MR) is 123 cm³/mol. The van der Waals surface area contributed by atoms with E-state index >= 15 is 0 Å². The van der Waals surface area contributed by atoms with Crippen molar-refractivity contribution in [3.63, 3.8) is 0 Å². The van der Waals surface area contributed by atoms with Crippen LogP contribution in [0.4, 0.5) is 10.1 Å². The zero-order valence-corrected chi connectivity index (χ0v) is 19.8. The number of benzene rings is 1. The van der Waals surface area contributed by atoms with E-state index in [0.717, 1.165) is 26.8 Å². The Morgan fingerprint density at radius 3 is 2.64 bits per heavy atom. The first-order valence-corrected chi connectivity index (χ1v) is 12.2. The van der Waals surface area contributed by atoms with E-state index in [1.807, 2.05) is 25.2 Å². The molecule has 0 radical (unpaired) electrons. The summed E-state index contributed by atoms with van der Waals surface area (Å²) in [6.45, 7) is 1.43. The second kappa shape index (κ2) is 9.34. The van der Waals surface area contributed by atoms with Gasteiger partial charge in [-0.25, -0.2) is 4.39 Å². The number of quaternary nitrogens is 1. The van der Waals surface area contributed by atoms with E-state index in [4.69, 9.17) is 14.6 Å². The summed E-state index contributed by atoms with van der Waals surface area (Å²) in [5, 5.41) is 4.87. The quantitative estimate of drug-likeness (QED) is 0.347. The number of halogens is 1. The van der Waals surface area contributed by atoms with Crippen LogP contribution in [0.3, 0.4) is 0 Å². The predicted octanol–water partition coefficient (Wildman–Crippen LogP) is 2.00. The third-order valence-corrected chi connectivity index (χ3v) is 7.47.